The van der Waals surface area contributed by atoms with Gasteiger partial charge in [-0.1, -0.05) is 29.8 Å². The first-order chi connectivity index (χ1) is 7.68. The molecule has 0 spiro atoms. The third-order valence-corrected chi connectivity index (χ3v) is 3.40. The first kappa shape index (κ1) is 11.3. The van der Waals surface area contributed by atoms with Crippen LogP contribution in [0.3, 0.4) is 0 Å². The van der Waals surface area contributed by atoms with Crippen molar-refractivity contribution in [2.24, 2.45) is 0 Å². The minimum atomic E-state index is 0.0326. The lowest BCUT2D eigenvalue weighted by Crippen LogP contribution is -2.36. The van der Waals surface area contributed by atoms with Crippen LogP contribution in [-0.2, 0) is 0 Å². The fourth-order valence-corrected chi connectivity index (χ4v) is 2.25. The van der Waals surface area contributed by atoms with Crippen molar-refractivity contribution in [1.29, 1.82) is 0 Å². The van der Waals surface area contributed by atoms with E-state index in [1.54, 1.807) is 0 Å². The molecule has 1 aromatic carbocycles. The second-order valence-electron chi connectivity index (χ2n) is 4.65. The maximum absolute atomic E-state index is 12.2. The van der Waals surface area contributed by atoms with Gasteiger partial charge >= 0.3 is 0 Å². The minimum absolute atomic E-state index is 0.0326. The molecule has 0 unspecified atom stereocenters. The monoisotopic (exact) mass is 217 g/mol. The summed E-state index contributed by atoms with van der Waals surface area (Å²) in [5.74, 6) is 0.252. The smallest absolute Gasteiger partial charge is 0.179 e. The maximum atomic E-state index is 12.2. The second kappa shape index (κ2) is 4.79. The lowest BCUT2D eigenvalue weighted by Gasteiger charge is -2.22. The Hall–Kier alpha value is -1.15. The van der Waals surface area contributed by atoms with Crippen LogP contribution in [0.25, 0.3) is 0 Å². The van der Waals surface area contributed by atoms with E-state index < -0.39 is 0 Å². The zero-order valence-corrected chi connectivity index (χ0v) is 10.1. The molecule has 16 heavy (non-hydrogen) atoms. The fraction of sp³-hybridized carbons (Fsp3) is 0.500. The molecule has 1 saturated heterocycles. The Morgan fingerprint density at radius 1 is 1.19 bits per heavy atom. The van der Waals surface area contributed by atoms with E-state index in [0.717, 1.165) is 18.7 Å². The summed E-state index contributed by atoms with van der Waals surface area (Å²) in [4.78, 5) is 14.5. The number of benzene rings is 1. The van der Waals surface area contributed by atoms with Gasteiger partial charge in [0.25, 0.3) is 0 Å². The number of likely N-dealkylation sites (tertiary alicyclic amines) is 1. The second-order valence-corrected chi connectivity index (χ2v) is 4.65. The highest BCUT2D eigenvalue weighted by atomic mass is 16.1. The van der Waals surface area contributed by atoms with Gasteiger partial charge in [-0.2, -0.15) is 0 Å². The Morgan fingerprint density at radius 3 is 2.31 bits per heavy atom. The van der Waals surface area contributed by atoms with Crippen LogP contribution in [0, 0.1) is 6.92 Å². The Labute approximate surface area is 97.3 Å². The number of nitrogens with zero attached hydrogens (tertiary/aromatic N) is 1. The quantitative estimate of drug-likeness (QED) is 0.725. The maximum Gasteiger partial charge on any atom is 0.179 e. The molecule has 2 nitrogen and oxygen atoms in total. The number of Topliss-reactive ketones (excluding diaryl/α,β-unsaturated/α-hetero) is 1. The highest BCUT2D eigenvalue weighted by Gasteiger charge is 2.24. The summed E-state index contributed by atoms with van der Waals surface area (Å²) < 4.78 is 0. The summed E-state index contributed by atoms with van der Waals surface area (Å²) in [6.45, 7) is 6.20. The van der Waals surface area contributed by atoms with Crippen molar-refractivity contribution in [2.45, 2.75) is 32.7 Å². The standard InChI is InChI=1S/C14H19NO/c1-11-5-7-13(8-6-11)14(16)12(2)15-9-3-4-10-15/h5-8,12H,3-4,9-10H2,1-2H3/t12-/m1/s1. The molecule has 0 saturated carbocycles. The molecule has 1 heterocycles. The average molecular weight is 217 g/mol. The third kappa shape index (κ3) is 2.33. The normalized spacial score (nSPS) is 18.6. The highest BCUT2D eigenvalue weighted by molar-refractivity contribution is 5.99. The summed E-state index contributed by atoms with van der Waals surface area (Å²) in [6, 6.07) is 7.91. The van der Waals surface area contributed by atoms with Gasteiger partial charge in [0.15, 0.2) is 5.78 Å². The molecule has 2 heteroatoms. The van der Waals surface area contributed by atoms with Crippen molar-refractivity contribution in [2.75, 3.05) is 13.1 Å². The van der Waals surface area contributed by atoms with Crippen molar-refractivity contribution in [3.05, 3.63) is 35.4 Å². The predicted octanol–water partition coefficient (Wildman–Crippen LogP) is 2.66. The van der Waals surface area contributed by atoms with Gasteiger partial charge in [-0.15, -0.1) is 0 Å². The van der Waals surface area contributed by atoms with Crippen molar-refractivity contribution >= 4 is 5.78 Å². The van der Waals surface area contributed by atoms with Crippen LogP contribution >= 0.6 is 0 Å². The molecule has 0 bridgehead atoms. The van der Waals surface area contributed by atoms with E-state index in [1.807, 2.05) is 38.1 Å². The lowest BCUT2D eigenvalue weighted by molar-refractivity contribution is 0.0867. The van der Waals surface area contributed by atoms with E-state index >= 15 is 0 Å². The van der Waals surface area contributed by atoms with Crippen LogP contribution in [0.2, 0.25) is 0 Å². The molecular weight excluding hydrogens is 198 g/mol. The Morgan fingerprint density at radius 2 is 1.75 bits per heavy atom. The number of rotatable bonds is 3. The van der Waals surface area contributed by atoms with Crippen molar-refractivity contribution in [3.63, 3.8) is 0 Å². The van der Waals surface area contributed by atoms with Gasteiger partial charge in [-0.25, -0.2) is 0 Å². The van der Waals surface area contributed by atoms with Gasteiger partial charge in [0, 0.05) is 5.56 Å². The summed E-state index contributed by atoms with van der Waals surface area (Å²) in [6.07, 6.45) is 2.46. The molecule has 86 valence electrons. The van der Waals surface area contributed by atoms with Gasteiger partial charge in [0.05, 0.1) is 6.04 Å². The van der Waals surface area contributed by atoms with Crippen molar-refractivity contribution in [3.8, 4) is 0 Å². The van der Waals surface area contributed by atoms with E-state index in [1.165, 1.54) is 18.4 Å². The molecule has 0 amide bonds. The molecule has 2 rings (SSSR count). The predicted molar refractivity (Wildman–Crippen MR) is 65.8 cm³/mol. The van der Waals surface area contributed by atoms with E-state index in [2.05, 4.69) is 4.90 Å². The van der Waals surface area contributed by atoms with Crippen molar-refractivity contribution < 1.29 is 4.79 Å². The molecule has 1 atom stereocenters. The summed E-state index contributed by atoms with van der Waals surface area (Å²) in [5, 5.41) is 0. The molecule has 0 N–H and O–H groups in total. The number of carbonyl (C=O) groups is 1. The molecule has 1 aromatic rings. The fourth-order valence-electron chi connectivity index (χ4n) is 2.25. The first-order valence-corrected chi connectivity index (χ1v) is 6.03. The third-order valence-electron chi connectivity index (χ3n) is 3.40. The number of aryl methyl sites for hydroxylation is 1. The van der Waals surface area contributed by atoms with E-state index in [9.17, 15) is 4.79 Å². The Bertz CT molecular complexity index is 363. The number of ketones is 1. The van der Waals surface area contributed by atoms with Gasteiger partial charge in [-0.05, 0) is 39.8 Å². The molecule has 0 aromatic heterocycles. The van der Waals surface area contributed by atoms with Crippen LogP contribution < -0.4 is 0 Å². The molecule has 1 aliphatic rings. The Balaban J connectivity index is 2.08. The van der Waals surface area contributed by atoms with Crippen LogP contribution in [0.5, 0.6) is 0 Å². The van der Waals surface area contributed by atoms with Gasteiger partial charge < -0.3 is 0 Å². The molecule has 1 aliphatic heterocycles. The van der Waals surface area contributed by atoms with E-state index in [4.69, 9.17) is 0 Å². The number of hydrogen-bond donors (Lipinski definition) is 0. The van der Waals surface area contributed by atoms with Gasteiger partial charge in [0.1, 0.15) is 0 Å². The SMILES string of the molecule is Cc1ccc(C(=O)[C@@H](C)N2CCCC2)cc1. The summed E-state index contributed by atoms with van der Waals surface area (Å²) >= 11 is 0. The van der Waals surface area contributed by atoms with Crippen molar-refractivity contribution in [1.82, 2.24) is 4.90 Å². The first-order valence-electron chi connectivity index (χ1n) is 6.03. The van der Waals surface area contributed by atoms with Gasteiger partial charge in [-0.3, -0.25) is 9.69 Å². The number of hydrogen-bond acceptors (Lipinski definition) is 2. The molecule has 1 fully saturated rings. The topological polar surface area (TPSA) is 20.3 Å². The van der Waals surface area contributed by atoms with E-state index in [0.29, 0.717) is 0 Å². The zero-order valence-electron chi connectivity index (χ0n) is 10.1. The largest absolute Gasteiger partial charge is 0.294 e. The summed E-state index contributed by atoms with van der Waals surface area (Å²) in [5.41, 5.74) is 2.04. The number of carbonyl (C=O) groups excluding carboxylic acids is 1. The lowest BCUT2D eigenvalue weighted by atomic mass is 10.0. The highest BCUT2D eigenvalue weighted by Crippen LogP contribution is 2.15. The molecular formula is C14H19NO. The van der Waals surface area contributed by atoms with E-state index in [-0.39, 0.29) is 11.8 Å². The molecule has 0 radical (unpaired) electrons. The zero-order chi connectivity index (χ0) is 11.5. The van der Waals surface area contributed by atoms with Crippen LogP contribution in [0.15, 0.2) is 24.3 Å². The molecule has 0 aliphatic carbocycles. The van der Waals surface area contributed by atoms with Gasteiger partial charge in [0.2, 0.25) is 0 Å². The van der Waals surface area contributed by atoms with Crippen LogP contribution in [-0.4, -0.2) is 29.8 Å². The Kier molecular flexibility index (Phi) is 3.39. The average Bonchev–Trinajstić information content (AvgIpc) is 2.81. The minimum Gasteiger partial charge on any atom is -0.294 e. The summed E-state index contributed by atoms with van der Waals surface area (Å²) in [7, 11) is 0. The van der Waals surface area contributed by atoms with Crippen LogP contribution in [0.4, 0.5) is 0 Å². The van der Waals surface area contributed by atoms with Crippen LogP contribution in [0.1, 0.15) is 35.7 Å².